The standard InChI is InChI=1S/C14H14ClN3O2S/c1-8-6-12(19)18-14(16-8)21-9(2)13(20)17-11-5-3-4-10(15)7-11/h3-7,9H,1-2H3,(H,17,20)(H,16,18,19)/t9-/m1/s1. The van der Waals surface area contributed by atoms with Gasteiger partial charge in [-0.25, -0.2) is 4.98 Å². The first-order chi connectivity index (χ1) is 9.94. The minimum absolute atomic E-state index is 0.188. The monoisotopic (exact) mass is 323 g/mol. The highest BCUT2D eigenvalue weighted by molar-refractivity contribution is 8.00. The number of thioether (sulfide) groups is 1. The molecule has 1 aromatic carbocycles. The summed E-state index contributed by atoms with van der Waals surface area (Å²) in [6.45, 7) is 3.48. The average Bonchev–Trinajstić information content (AvgIpc) is 2.37. The lowest BCUT2D eigenvalue weighted by atomic mass is 10.3. The van der Waals surface area contributed by atoms with Crippen molar-refractivity contribution in [3.8, 4) is 0 Å². The van der Waals surface area contributed by atoms with Crippen LogP contribution in [0.5, 0.6) is 0 Å². The fraction of sp³-hybridized carbons (Fsp3) is 0.214. The lowest BCUT2D eigenvalue weighted by Crippen LogP contribution is -2.23. The molecule has 1 aromatic heterocycles. The van der Waals surface area contributed by atoms with Crippen molar-refractivity contribution in [1.29, 1.82) is 0 Å². The SMILES string of the molecule is Cc1cc(=O)[nH]c(S[C@H](C)C(=O)Nc2cccc(Cl)c2)n1. The van der Waals surface area contributed by atoms with E-state index in [1.54, 1.807) is 38.1 Å². The number of carbonyl (C=O) groups excluding carboxylic acids is 1. The molecule has 0 aliphatic rings. The molecule has 2 rings (SSSR count). The summed E-state index contributed by atoms with van der Waals surface area (Å²) < 4.78 is 0. The van der Waals surface area contributed by atoms with Crippen LogP contribution in [0.15, 0.2) is 40.3 Å². The summed E-state index contributed by atoms with van der Waals surface area (Å²) in [6.07, 6.45) is 0. The molecule has 2 aromatic rings. The van der Waals surface area contributed by atoms with Gasteiger partial charge in [-0.2, -0.15) is 0 Å². The van der Waals surface area contributed by atoms with Crippen LogP contribution in [0.1, 0.15) is 12.6 Å². The Labute approximate surface area is 131 Å². The van der Waals surface area contributed by atoms with E-state index >= 15 is 0 Å². The maximum absolute atomic E-state index is 12.1. The predicted molar refractivity (Wildman–Crippen MR) is 85.0 cm³/mol. The summed E-state index contributed by atoms with van der Waals surface area (Å²) >= 11 is 7.06. The summed E-state index contributed by atoms with van der Waals surface area (Å²) in [5, 5.41) is 3.34. The van der Waals surface area contributed by atoms with E-state index in [2.05, 4.69) is 15.3 Å². The van der Waals surface area contributed by atoms with Crippen molar-refractivity contribution in [2.24, 2.45) is 0 Å². The number of aromatic nitrogens is 2. The molecular formula is C14H14ClN3O2S. The molecule has 0 spiro atoms. The van der Waals surface area contributed by atoms with E-state index in [9.17, 15) is 9.59 Å². The van der Waals surface area contributed by atoms with Crippen molar-refractivity contribution in [1.82, 2.24) is 9.97 Å². The van der Waals surface area contributed by atoms with Gasteiger partial charge in [-0.1, -0.05) is 29.4 Å². The number of hydrogen-bond donors (Lipinski definition) is 2. The van der Waals surface area contributed by atoms with Crippen LogP contribution >= 0.6 is 23.4 Å². The van der Waals surface area contributed by atoms with Gasteiger partial charge in [-0.05, 0) is 32.0 Å². The molecule has 0 saturated heterocycles. The quantitative estimate of drug-likeness (QED) is 0.670. The molecule has 1 heterocycles. The Hall–Kier alpha value is -1.79. The number of aromatic amines is 1. The first-order valence-electron chi connectivity index (χ1n) is 6.25. The van der Waals surface area contributed by atoms with Crippen LogP contribution in [-0.4, -0.2) is 21.1 Å². The number of aryl methyl sites for hydroxylation is 1. The molecule has 2 N–H and O–H groups in total. The largest absolute Gasteiger partial charge is 0.325 e. The fourth-order valence-corrected chi connectivity index (χ4v) is 2.69. The molecule has 5 nitrogen and oxygen atoms in total. The van der Waals surface area contributed by atoms with Gasteiger partial charge in [0.1, 0.15) is 0 Å². The molecule has 0 unspecified atom stereocenters. The summed E-state index contributed by atoms with van der Waals surface area (Å²) in [6, 6.07) is 8.32. The molecule has 0 saturated carbocycles. The average molecular weight is 324 g/mol. The van der Waals surface area contributed by atoms with Crippen LogP contribution in [0.3, 0.4) is 0 Å². The number of benzene rings is 1. The highest BCUT2D eigenvalue weighted by atomic mass is 35.5. The smallest absolute Gasteiger partial charge is 0.251 e. The van der Waals surface area contributed by atoms with Crippen LogP contribution in [0, 0.1) is 6.92 Å². The number of H-pyrrole nitrogens is 1. The molecular weight excluding hydrogens is 310 g/mol. The minimum Gasteiger partial charge on any atom is -0.325 e. The number of nitrogens with zero attached hydrogens (tertiary/aromatic N) is 1. The number of halogens is 1. The maximum Gasteiger partial charge on any atom is 0.251 e. The Bertz CT molecular complexity index is 717. The third kappa shape index (κ3) is 4.61. The second kappa shape index (κ2) is 6.78. The third-order valence-electron chi connectivity index (χ3n) is 2.60. The fourth-order valence-electron chi connectivity index (χ4n) is 1.64. The van der Waals surface area contributed by atoms with Gasteiger partial charge in [0.2, 0.25) is 5.91 Å². The predicted octanol–water partition coefficient (Wildman–Crippen LogP) is 2.85. The van der Waals surface area contributed by atoms with E-state index in [0.29, 0.717) is 21.6 Å². The number of amides is 1. The Morgan fingerprint density at radius 3 is 2.86 bits per heavy atom. The van der Waals surface area contributed by atoms with Gasteiger partial charge in [0, 0.05) is 22.5 Å². The van der Waals surface area contributed by atoms with Gasteiger partial charge in [-0.3, -0.25) is 9.59 Å². The molecule has 0 fully saturated rings. The van der Waals surface area contributed by atoms with Crippen molar-refractivity contribution in [3.05, 3.63) is 51.4 Å². The molecule has 0 radical (unpaired) electrons. The number of carbonyl (C=O) groups is 1. The molecule has 0 aliphatic heterocycles. The van der Waals surface area contributed by atoms with Crippen LogP contribution in [0.25, 0.3) is 0 Å². The molecule has 0 bridgehead atoms. The molecule has 110 valence electrons. The van der Waals surface area contributed by atoms with Gasteiger partial charge in [-0.15, -0.1) is 0 Å². The van der Waals surface area contributed by atoms with Crippen molar-refractivity contribution >= 4 is 35.0 Å². The number of rotatable bonds is 4. The summed E-state index contributed by atoms with van der Waals surface area (Å²) in [5.41, 5.74) is 1.02. The zero-order valence-corrected chi connectivity index (χ0v) is 13.1. The van der Waals surface area contributed by atoms with Crippen LogP contribution < -0.4 is 10.9 Å². The van der Waals surface area contributed by atoms with E-state index in [4.69, 9.17) is 11.6 Å². The Morgan fingerprint density at radius 2 is 2.19 bits per heavy atom. The molecule has 7 heteroatoms. The van der Waals surface area contributed by atoms with Gasteiger partial charge < -0.3 is 10.3 Å². The Morgan fingerprint density at radius 1 is 1.43 bits per heavy atom. The third-order valence-corrected chi connectivity index (χ3v) is 3.82. The van der Waals surface area contributed by atoms with Crippen LogP contribution in [-0.2, 0) is 4.79 Å². The zero-order chi connectivity index (χ0) is 15.4. The Kier molecular flexibility index (Phi) is 5.03. The maximum atomic E-state index is 12.1. The lowest BCUT2D eigenvalue weighted by Gasteiger charge is -2.11. The van der Waals surface area contributed by atoms with Gasteiger partial charge in [0.05, 0.1) is 5.25 Å². The molecule has 1 atom stereocenters. The van der Waals surface area contributed by atoms with Gasteiger partial charge >= 0.3 is 0 Å². The molecule has 0 aliphatic carbocycles. The number of hydrogen-bond acceptors (Lipinski definition) is 4. The van der Waals surface area contributed by atoms with E-state index in [1.807, 2.05) is 0 Å². The van der Waals surface area contributed by atoms with E-state index in [0.717, 1.165) is 0 Å². The zero-order valence-electron chi connectivity index (χ0n) is 11.5. The van der Waals surface area contributed by atoms with Crippen molar-refractivity contribution in [2.75, 3.05) is 5.32 Å². The van der Waals surface area contributed by atoms with Crippen LogP contribution in [0.4, 0.5) is 5.69 Å². The molecule has 21 heavy (non-hydrogen) atoms. The number of anilines is 1. The second-order valence-corrected chi connectivity index (χ2v) is 6.22. The number of nitrogens with one attached hydrogen (secondary N) is 2. The summed E-state index contributed by atoms with van der Waals surface area (Å²) in [5.74, 6) is -0.188. The highest BCUT2D eigenvalue weighted by Crippen LogP contribution is 2.21. The van der Waals surface area contributed by atoms with Crippen molar-refractivity contribution < 1.29 is 4.79 Å². The van der Waals surface area contributed by atoms with Crippen LogP contribution in [0.2, 0.25) is 5.02 Å². The topological polar surface area (TPSA) is 74.8 Å². The minimum atomic E-state index is -0.408. The van der Waals surface area contributed by atoms with E-state index < -0.39 is 5.25 Å². The Balaban J connectivity index is 2.04. The summed E-state index contributed by atoms with van der Waals surface area (Å²) in [4.78, 5) is 30.3. The summed E-state index contributed by atoms with van der Waals surface area (Å²) in [7, 11) is 0. The van der Waals surface area contributed by atoms with E-state index in [-0.39, 0.29) is 11.5 Å². The van der Waals surface area contributed by atoms with Gasteiger partial charge in [0.25, 0.3) is 5.56 Å². The van der Waals surface area contributed by atoms with Crippen molar-refractivity contribution in [3.63, 3.8) is 0 Å². The van der Waals surface area contributed by atoms with E-state index in [1.165, 1.54) is 17.8 Å². The first kappa shape index (κ1) is 15.6. The second-order valence-electron chi connectivity index (χ2n) is 4.45. The normalized spacial score (nSPS) is 12.0. The first-order valence-corrected chi connectivity index (χ1v) is 7.51. The molecule has 1 amide bonds. The lowest BCUT2D eigenvalue weighted by molar-refractivity contribution is -0.115. The van der Waals surface area contributed by atoms with Crippen molar-refractivity contribution in [2.45, 2.75) is 24.3 Å². The van der Waals surface area contributed by atoms with Gasteiger partial charge in [0.15, 0.2) is 5.16 Å². The highest BCUT2D eigenvalue weighted by Gasteiger charge is 2.16.